The van der Waals surface area contributed by atoms with E-state index in [0.29, 0.717) is 30.0 Å². The maximum absolute atomic E-state index is 13.2. The van der Waals surface area contributed by atoms with Crippen molar-refractivity contribution >= 4 is 11.7 Å². The van der Waals surface area contributed by atoms with Crippen LogP contribution in [-0.2, 0) is 10.9 Å². The molecular formula is C21H18F3N4O3+. The third kappa shape index (κ3) is 3.36. The van der Waals surface area contributed by atoms with Crippen LogP contribution in [0.25, 0.3) is 0 Å². The van der Waals surface area contributed by atoms with Crippen LogP contribution in [0.5, 0.6) is 11.6 Å². The smallest absolute Gasteiger partial charge is 0.416 e. The number of halogens is 3. The largest absolute Gasteiger partial charge is 0.459 e. The van der Waals surface area contributed by atoms with Gasteiger partial charge in [0.15, 0.2) is 17.7 Å². The quantitative estimate of drug-likeness (QED) is 0.586. The molecule has 0 radical (unpaired) electrons. The lowest BCUT2D eigenvalue weighted by Gasteiger charge is -2.12. The minimum Gasteiger partial charge on any atom is -0.459 e. The van der Waals surface area contributed by atoms with Gasteiger partial charge in [-0.05, 0) is 26.0 Å². The Labute approximate surface area is 174 Å². The van der Waals surface area contributed by atoms with E-state index in [9.17, 15) is 18.3 Å². The summed E-state index contributed by atoms with van der Waals surface area (Å²) >= 11 is 0. The van der Waals surface area contributed by atoms with Crippen LogP contribution in [0.4, 0.5) is 13.2 Å². The first-order valence-corrected chi connectivity index (χ1v) is 9.67. The summed E-state index contributed by atoms with van der Waals surface area (Å²) < 4.78 is 46.6. The molecule has 2 aliphatic heterocycles. The number of rotatable bonds is 2. The summed E-state index contributed by atoms with van der Waals surface area (Å²) in [6, 6.07) is 5.18. The van der Waals surface area contributed by atoms with Crippen LogP contribution in [0.3, 0.4) is 0 Å². The Hall–Kier alpha value is -3.27. The van der Waals surface area contributed by atoms with Crippen LogP contribution in [0.15, 0.2) is 45.6 Å². The lowest BCUT2D eigenvalue weighted by atomic mass is 10.1. The summed E-state index contributed by atoms with van der Waals surface area (Å²) in [7, 11) is 0. The molecule has 7 nitrogen and oxygen atoms in total. The normalized spacial score (nSPS) is 24.9. The standard InChI is InChI=1S/C21H17F3N4O3/c1-10-15(21(22,23)24)4-3-5-17(10)31-27-20-12-7-28(19-13-8-30-9-14(13)19)18(29)6-16(12)25-11(2)26-20/h3-7,13-14H,8-9H2,1-2H3/p+1/t13-,14+. The molecule has 0 unspecified atom stereocenters. The zero-order valence-electron chi connectivity index (χ0n) is 16.6. The van der Waals surface area contributed by atoms with Gasteiger partial charge in [-0.25, -0.2) is 9.98 Å². The first-order valence-electron chi connectivity index (χ1n) is 9.67. The molecule has 160 valence electrons. The molecular weight excluding hydrogens is 413 g/mol. The molecule has 2 atom stereocenters. The van der Waals surface area contributed by atoms with Crippen molar-refractivity contribution in [3.63, 3.8) is 0 Å². The topological polar surface area (TPSA) is 81.7 Å². The number of ether oxygens (including phenoxy) is 1. The van der Waals surface area contributed by atoms with E-state index in [1.165, 1.54) is 25.1 Å². The molecule has 1 saturated heterocycles. The first-order chi connectivity index (χ1) is 14.7. The highest BCUT2D eigenvalue weighted by Crippen LogP contribution is 2.46. The molecule has 0 bridgehead atoms. The van der Waals surface area contributed by atoms with Crippen LogP contribution in [0.1, 0.15) is 23.6 Å². The van der Waals surface area contributed by atoms with Crippen molar-refractivity contribution < 1.29 is 32.1 Å². The number of aromatic hydroxyl groups is 1. The number of alkyl halides is 3. The molecule has 10 heteroatoms. The summed E-state index contributed by atoms with van der Waals surface area (Å²) in [6.45, 7) is 4.21. The van der Waals surface area contributed by atoms with Gasteiger partial charge in [-0.1, -0.05) is 11.2 Å². The van der Waals surface area contributed by atoms with E-state index < -0.39 is 11.7 Å². The summed E-state index contributed by atoms with van der Waals surface area (Å²) in [5.41, 5.74) is 0.701. The lowest BCUT2D eigenvalue weighted by molar-refractivity contribution is -0.530. The van der Waals surface area contributed by atoms with Crippen LogP contribution in [0, 0.1) is 24.5 Å². The fourth-order valence-electron chi connectivity index (χ4n) is 4.04. The van der Waals surface area contributed by atoms with Crippen LogP contribution in [0.2, 0.25) is 0 Å². The first kappa shape index (κ1) is 19.7. The molecule has 1 aromatic carbocycles. The Balaban J connectivity index is 1.56. The van der Waals surface area contributed by atoms with Gasteiger partial charge < -0.3 is 14.7 Å². The van der Waals surface area contributed by atoms with Gasteiger partial charge >= 0.3 is 12.1 Å². The predicted molar refractivity (Wildman–Crippen MR) is 102 cm³/mol. The molecule has 1 saturated carbocycles. The van der Waals surface area contributed by atoms with E-state index in [1.54, 1.807) is 17.4 Å². The number of hydrogen-bond donors (Lipinski definition) is 1. The van der Waals surface area contributed by atoms with E-state index in [1.807, 2.05) is 0 Å². The molecule has 1 aliphatic carbocycles. The number of fused-ring (bicyclic) bond motifs is 2. The van der Waals surface area contributed by atoms with Gasteiger partial charge in [-0.3, -0.25) is 0 Å². The number of nitrogens with zero attached hydrogens (tertiary/aromatic N) is 4. The molecule has 2 fully saturated rings. The highest BCUT2D eigenvalue weighted by molar-refractivity contribution is 6.07. The second-order valence-electron chi connectivity index (χ2n) is 7.68. The van der Waals surface area contributed by atoms with Crippen molar-refractivity contribution in [3.05, 3.63) is 58.2 Å². The number of amidine groups is 2. The Bertz CT molecular complexity index is 1270. The van der Waals surface area contributed by atoms with Gasteiger partial charge in [0, 0.05) is 5.56 Å². The Morgan fingerprint density at radius 1 is 1.19 bits per heavy atom. The van der Waals surface area contributed by atoms with Gasteiger partial charge in [-0.15, -0.1) is 4.24 Å². The molecule has 3 aliphatic rings. The second-order valence-corrected chi connectivity index (χ2v) is 7.68. The second kappa shape index (κ2) is 6.88. The van der Waals surface area contributed by atoms with Gasteiger partial charge in [-0.2, -0.15) is 13.2 Å². The fraction of sp³-hybridized carbons (Fsp3) is 0.333. The van der Waals surface area contributed by atoms with E-state index in [0.717, 1.165) is 11.8 Å². The van der Waals surface area contributed by atoms with E-state index in [2.05, 4.69) is 15.1 Å². The highest BCUT2D eigenvalue weighted by Gasteiger charge is 2.57. The Morgan fingerprint density at radius 3 is 2.65 bits per heavy atom. The summed E-state index contributed by atoms with van der Waals surface area (Å²) in [5.74, 6) is 1.10. The number of oxime groups is 1. The maximum atomic E-state index is 13.2. The molecule has 0 spiro atoms. The van der Waals surface area contributed by atoms with E-state index in [-0.39, 0.29) is 34.9 Å². The Kier molecular flexibility index (Phi) is 4.37. The molecule has 2 aromatic rings. The number of hydrogen-bond acceptors (Lipinski definition) is 5. The number of pyridine rings is 1. The van der Waals surface area contributed by atoms with Crippen molar-refractivity contribution in [1.82, 2.24) is 0 Å². The number of aliphatic imine (C=N–C) groups is 1. The van der Waals surface area contributed by atoms with Crippen molar-refractivity contribution in [2.75, 3.05) is 13.2 Å². The zero-order chi connectivity index (χ0) is 21.9. The summed E-state index contributed by atoms with van der Waals surface area (Å²) in [6.07, 6.45) is -2.81. The summed E-state index contributed by atoms with van der Waals surface area (Å²) in [5, 5.41) is 15.0. The van der Waals surface area contributed by atoms with Gasteiger partial charge in [0.25, 0.3) is 0 Å². The van der Waals surface area contributed by atoms with E-state index >= 15 is 0 Å². The van der Waals surface area contributed by atoms with E-state index in [4.69, 9.17) is 9.57 Å². The lowest BCUT2D eigenvalue weighted by Crippen LogP contribution is -2.31. The minimum absolute atomic E-state index is 0.0193. The Morgan fingerprint density at radius 2 is 1.94 bits per heavy atom. The molecule has 5 rings (SSSR count). The van der Waals surface area contributed by atoms with Crippen molar-refractivity contribution in [1.29, 1.82) is 0 Å². The summed E-state index contributed by atoms with van der Waals surface area (Å²) in [4.78, 5) is 14.0. The fourth-order valence-corrected chi connectivity index (χ4v) is 4.04. The van der Waals surface area contributed by atoms with Crippen molar-refractivity contribution in [2.24, 2.45) is 27.0 Å². The average Bonchev–Trinajstić information content (AvgIpc) is 3.15. The molecule has 0 amide bonds. The molecule has 1 N–H and O–H groups in total. The molecule has 31 heavy (non-hydrogen) atoms. The van der Waals surface area contributed by atoms with Gasteiger partial charge in [0.2, 0.25) is 5.84 Å². The van der Waals surface area contributed by atoms with Crippen LogP contribution < -0.4 is 14.4 Å². The van der Waals surface area contributed by atoms with Crippen molar-refractivity contribution in [2.45, 2.75) is 20.0 Å². The third-order valence-electron chi connectivity index (χ3n) is 5.67. The number of benzene rings is 1. The average molecular weight is 431 g/mol. The number of aromatic nitrogens is 1. The zero-order valence-corrected chi connectivity index (χ0v) is 16.6. The molecule has 3 heterocycles. The van der Waals surface area contributed by atoms with Crippen molar-refractivity contribution in [3.8, 4) is 11.6 Å². The molecule has 1 aromatic heterocycles. The van der Waals surface area contributed by atoms with Gasteiger partial charge in [0.1, 0.15) is 11.4 Å². The SMILES string of the molecule is CC1=NC(=NOc2cccc(C(F)(F)F)c2C)c2c[n+](=C3[C@H]4COC[C@@H]34)c(O)cc2=N1. The van der Waals surface area contributed by atoms with Crippen LogP contribution in [-0.4, -0.2) is 30.0 Å². The minimum atomic E-state index is -4.49. The van der Waals surface area contributed by atoms with Gasteiger partial charge in [0.05, 0.1) is 42.0 Å². The maximum Gasteiger partial charge on any atom is 0.416 e. The predicted octanol–water partition coefficient (Wildman–Crippen LogP) is 2.46. The monoisotopic (exact) mass is 431 g/mol. The highest BCUT2D eigenvalue weighted by atomic mass is 19.4. The third-order valence-corrected chi connectivity index (χ3v) is 5.67. The van der Waals surface area contributed by atoms with Crippen LogP contribution >= 0.6 is 0 Å².